The fourth-order valence-corrected chi connectivity index (χ4v) is 7.66. The summed E-state index contributed by atoms with van der Waals surface area (Å²) in [5.74, 6) is -2.57. The molecule has 2 N–H and O–H groups in total. The number of methoxy groups -OCH3 is 2. The van der Waals surface area contributed by atoms with Gasteiger partial charge >= 0.3 is 5.97 Å². The Morgan fingerprint density at radius 1 is 0.917 bits per heavy atom. The molecule has 2 heterocycles. The van der Waals surface area contributed by atoms with E-state index in [0.717, 1.165) is 61.8 Å². The van der Waals surface area contributed by atoms with Crippen LogP contribution in [0, 0.1) is 11.8 Å². The zero-order chi connectivity index (χ0) is 35.3. The number of ether oxygens (including phenoxy) is 3. The van der Waals surface area contributed by atoms with Crippen LogP contribution in [0.25, 0.3) is 0 Å². The van der Waals surface area contributed by atoms with E-state index in [1.807, 2.05) is 13.0 Å². The molecular formula is C38H61NO9. The quantitative estimate of drug-likeness (QED) is 0.0970. The maximum absolute atomic E-state index is 13.4. The van der Waals surface area contributed by atoms with Crippen LogP contribution in [0.5, 0.6) is 0 Å². The molecule has 0 radical (unpaired) electrons. The van der Waals surface area contributed by atoms with E-state index >= 15 is 0 Å². The van der Waals surface area contributed by atoms with Gasteiger partial charge in [0.25, 0.3) is 11.7 Å². The molecule has 1 aliphatic carbocycles. The van der Waals surface area contributed by atoms with Crippen LogP contribution >= 0.6 is 0 Å². The first-order chi connectivity index (χ1) is 22.9. The lowest BCUT2D eigenvalue weighted by Crippen LogP contribution is -2.62. The number of aliphatic carboxylic acids is 1. The van der Waals surface area contributed by atoms with E-state index in [1.54, 1.807) is 14.0 Å². The van der Waals surface area contributed by atoms with Crippen LogP contribution in [0.4, 0.5) is 0 Å². The Bertz CT molecular complexity index is 1150. The average molecular weight is 676 g/mol. The molecule has 10 heteroatoms. The number of carboxylic acids is 1. The molecule has 1 amide bonds. The number of likely N-dealkylation sites (tertiary alicyclic amines) is 1. The highest BCUT2D eigenvalue weighted by Gasteiger charge is 2.54. The van der Waals surface area contributed by atoms with Gasteiger partial charge in [0.15, 0.2) is 11.9 Å². The first kappa shape index (κ1) is 40.0. The molecule has 2 aliphatic heterocycles. The topological polar surface area (TPSA) is 140 Å². The number of Topliss-reactive ketones (excluding diaryl/α,β-unsaturated/α-hetero) is 2. The summed E-state index contributed by atoms with van der Waals surface area (Å²) in [4.78, 5) is 51.9. The second-order valence-electron chi connectivity index (χ2n) is 14.5. The summed E-state index contributed by atoms with van der Waals surface area (Å²) >= 11 is 0. The van der Waals surface area contributed by atoms with Crippen molar-refractivity contribution in [1.82, 2.24) is 4.90 Å². The molecule has 3 fully saturated rings. The number of carboxylic acid groups (broad SMARTS) is 1. The summed E-state index contributed by atoms with van der Waals surface area (Å²) in [6, 6.07) is -1.07. The van der Waals surface area contributed by atoms with Crippen LogP contribution in [-0.2, 0) is 33.4 Å². The molecule has 3 unspecified atom stereocenters. The van der Waals surface area contributed by atoms with Gasteiger partial charge in [0.1, 0.15) is 11.8 Å². The van der Waals surface area contributed by atoms with Crippen LogP contribution in [-0.4, -0.2) is 89.5 Å². The number of aliphatic hydroxyl groups is 1. The van der Waals surface area contributed by atoms with Crippen molar-refractivity contribution in [1.29, 1.82) is 0 Å². The van der Waals surface area contributed by atoms with E-state index in [4.69, 9.17) is 14.2 Å². The number of amides is 1. The standard InChI is InChI=1S/C38H61NO9/c1-26(20-21-31(40)17-9-7-14-27(2)23-29-15-12-18-32(24-29)46-4)13-6-8-16-30-25-38(45,28(3)48-37(30)47-5)34(41)35(42)39-22-11-10-19-33(39)36(43)44/h20,23,28-30,32-33,37,45H,6-19,21-22,24-25H2,1-5H3,(H,43,44)/b26-20+,27-23+/t28?,29?,30-,32-,33?,37-,38-/m0/s1. The number of unbranched alkanes of at least 4 members (excludes halogenated alkanes) is 2. The summed E-state index contributed by atoms with van der Waals surface area (Å²) in [6.45, 7) is 5.96. The van der Waals surface area contributed by atoms with E-state index < -0.39 is 41.7 Å². The van der Waals surface area contributed by atoms with Crippen LogP contribution < -0.4 is 0 Å². The number of nitrogens with zero attached hydrogens (tertiary/aromatic N) is 1. The molecule has 0 aromatic carbocycles. The van der Waals surface area contributed by atoms with E-state index in [1.165, 1.54) is 25.5 Å². The van der Waals surface area contributed by atoms with Gasteiger partial charge in [-0.25, -0.2) is 4.79 Å². The number of rotatable bonds is 18. The Labute approximate surface area is 287 Å². The molecule has 272 valence electrons. The number of hydrogen-bond donors (Lipinski definition) is 2. The van der Waals surface area contributed by atoms with E-state index in [-0.39, 0.29) is 31.1 Å². The van der Waals surface area contributed by atoms with Gasteiger partial charge in [0.2, 0.25) is 0 Å². The first-order valence-corrected chi connectivity index (χ1v) is 18.3. The highest BCUT2D eigenvalue weighted by molar-refractivity contribution is 6.39. The van der Waals surface area contributed by atoms with Crippen LogP contribution in [0.3, 0.4) is 0 Å². The second-order valence-corrected chi connectivity index (χ2v) is 14.5. The molecule has 10 nitrogen and oxygen atoms in total. The predicted octanol–water partition coefficient (Wildman–Crippen LogP) is 6.33. The van der Waals surface area contributed by atoms with Gasteiger partial charge in [-0.1, -0.05) is 36.1 Å². The van der Waals surface area contributed by atoms with Crippen molar-refractivity contribution < 1.29 is 43.6 Å². The normalized spacial score (nSPS) is 30.2. The molecule has 0 bridgehead atoms. The van der Waals surface area contributed by atoms with Crippen molar-refractivity contribution in [3.63, 3.8) is 0 Å². The lowest BCUT2D eigenvalue weighted by atomic mass is 9.77. The minimum atomic E-state index is -2.06. The third-order valence-corrected chi connectivity index (χ3v) is 10.7. The van der Waals surface area contributed by atoms with Crippen molar-refractivity contribution in [2.24, 2.45) is 11.8 Å². The van der Waals surface area contributed by atoms with Gasteiger partial charge in [-0.2, -0.15) is 0 Å². The summed E-state index contributed by atoms with van der Waals surface area (Å²) < 4.78 is 17.0. The Morgan fingerprint density at radius 3 is 2.33 bits per heavy atom. The number of piperidine rings is 1. The Hall–Kier alpha value is -2.40. The van der Waals surface area contributed by atoms with E-state index in [0.29, 0.717) is 44.1 Å². The number of hydrogen-bond acceptors (Lipinski definition) is 8. The molecule has 2 saturated heterocycles. The van der Waals surface area contributed by atoms with Gasteiger partial charge in [-0.05, 0) is 110 Å². The van der Waals surface area contributed by atoms with Gasteiger partial charge in [0, 0.05) is 39.5 Å². The molecule has 0 spiro atoms. The van der Waals surface area contributed by atoms with E-state index in [9.17, 15) is 29.4 Å². The monoisotopic (exact) mass is 675 g/mol. The van der Waals surface area contributed by atoms with Crippen LogP contribution in [0.15, 0.2) is 23.3 Å². The van der Waals surface area contributed by atoms with Gasteiger partial charge in [0.05, 0.1) is 12.2 Å². The summed E-state index contributed by atoms with van der Waals surface area (Å²) in [6.07, 6.45) is 16.6. The zero-order valence-electron chi connectivity index (χ0n) is 30.0. The number of allylic oxidation sites excluding steroid dienone is 4. The lowest BCUT2D eigenvalue weighted by molar-refractivity contribution is -0.259. The third kappa shape index (κ3) is 11.6. The molecular weight excluding hydrogens is 614 g/mol. The highest BCUT2D eigenvalue weighted by atomic mass is 16.7. The smallest absolute Gasteiger partial charge is 0.326 e. The van der Waals surface area contributed by atoms with Crippen LogP contribution in [0.1, 0.15) is 130 Å². The van der Waals surface area contributed by atoms with Gasteiger partial charge in [-0.15, -0.1) is 0 Å². The van der Waals surface area contributed by atoms with Crippen molar-refractivity contribution in [3.8, 4) is 0 Å². The van der Waals surface area contributed by atoms with Crippen molar-refractivity contribution in [2.45, 2.75) is 160 Å². The van der Waals surface area contributed by atoms with Gasteiger partial charge in [-0.3, -0.25) is 14.4 Å². The summed E-state index contributed by atoms with van der Waals surface area (Å²) in [5.41, 5.74) is 0.515. The van der Waals surface area contributed by atoms with Crippen molar-refractivity contribution >= 4 is 23.4 Å². The largest absolute Gasteiger partial charge is 0.480 e. The second kappa shape index (κ2) is 19.7. The Kier molecular flexibility index (Phi) is 16.4. The fourth-order valence-electron chi connectivity index (χ4n) is 7.66. The molecule has 48 heavy (non-hydrogen) atoms. The van der Waals surface area contributed by atoms with Crippen molar-refractivity contribution in [2.75, 3.05) is 20.8 Å². The SMILES string of the molecule is CO[C@H]1CCCC(/C=C(\C)CCCCC(=O)C/C=C(\C)CCCC[C@H]2C[C@@](O)(C(=O)C(=O)N3CCCCC3C(=O)O)C(C)O[C@@H]2OC)C1. The number of carbonyl (C=O) groups excluding carboxylic acids is 3. The molecule has 0 aromatic heterocycles. The number of carbonyl (C=O) groups is 4. The maximum atomic E-state index is 13.4. The fraction of sp³-hybridized carbons (Fsp3) is 0.789. The minimum absolute atomic E-state index is 0.00364. The predicted molar refractivity (Wildman–Crippen MR) is 183 cm³/mol. The minimum Gasteiger partial charge on any atom is -0.480 e. The molecule has 1 saturated carbocycles. The number of ketones is 2. The van der Waals surface area contributed by atoms with E-state index in [2.05, 4.69) is 13.0 Å². The summed E-state index contributed by atoms with van der Waals surface area (Å²) in [5, 5.41) is 21.1. The molecule has 3 aliphatic rings. The molecule has 0 aromatic rings. The first-order valence-electron chi connectivity index (χ1n) is 18.3. The average Bonchev–Trinajstić information content (AvgIpc) is 3.08. The van der Waals surface area contributed by atoms with Crippen LogP contribution in [0.2, 0.25) is 0 Å². The Morgan fingerprint density at radius 2 is 1.62 bits per heavy atom. The molecule has 3 rings (SSSR count). The third-order valence-electron chi connectivity index (χ3n) is 10.7. The highest BCUT2D eigenvalue weighted by Crippen LogP contribution is 2.38. The lowest BCUT2D eigenvalue weighted by Gasteiger charge is -2.44. The maximum Gasteiger partial charge on any atom is 0.326 e. The molecule has 7 atom stereocenters. The zero-order valence-corrected chi connectivity index (χ0v) is 30.0. The summed E-state index contributed by atoms with van der Waals surface area (Å²) in [7, 11) is 3.32. The van der Waals surface area contributed by atoms with Gasteiger partial charge < -0.3 is 29.3 Å². The van der Waals surface area contributed by atoms with Crippen molar-refractivity contribution in [3.05, 3.63) is 23.3 Å². The Balaban J connectivity index is 1.39.